The van der Waals surface area contributed by atoms with Crippen LogP contribution in [0.25, 0.3) is 0 Å². The van der Waals surface area contributed by atoms with Gasteiger partial charge in [0, 0.05) is 38.2 Å². The van der Waals surface area contributed by atoms with Gasteiger partial charge in [-0.2, -0.15) is 0 Å². The van der Waals surface area contributed by atoms with Crippen LogP contribution in [0, 0.1) is 17.0 Å². The van der Waals surface area contributed by atoms with Gasteiger partial charge in [-0.3, -0.25) is 14.9 Å². The number of anilines is 1. The van der Waals surface area contributed by atoms with Gasteiger partial charge >= 0.3 is 5.69 Å². The van der Waals surface area contributed by atoms with Crippen LogP contribution in [0.3, 0.4) is 0 Å². The Kier molecular flexibility index (Phi) is 3.78. The van der Waals surface area contributed by atoms with Crippen molar-refractivity contribution in [2.75, 3.05) is 11.9 Å². The zero-order valence-electron chi connectivity index (χ0n) is 11.1. The van der Waals surface area contributed by atoms with E-state index in [4.69, 9.17) is 0 Å². The summed E-state index contributed by atoms with van der Waals surface area (Å²) in [5.41, 5.74) is 0.794. The lowest BCUT2D eigenvalue weighted by atomic mass is 9.93. The van der Waals surface area contributed by atoms with E-state index in [0.29, 0.717) is 18.7 Å². The van der Waals surface area contributed by atoms with Crippen molar-refractivity contribution in [3.63, 3.8) is 0 Å². The van der Waals surface area contributed by atoms with E-state index < -0.39 is 4.92 Å². The van der Waals surface area contributed by atoms with Gasteiger partial charge in [0.25, 0.3) is 0 Å². The van der Waals surface area contributed by atoms with Gasteiger partial charge in [0.05, 0.1) is 4.92 Å². The molecule has 102 valence electrons. The highest BCUT2D eigenvalue weighted by Gasteiger charge is 2.27. The smallest absolute Gasteiger partial charge is 0.311 e. The summed E-state index contributed by atoms with van der Waals surface area (Å²) >= 11 is 0. The molecule has 1 aliphatic rings. The number of nitro groups is 1. The Balaban J connectivity index is 2.25. The number of hydrogen-bond donors (Lipinski definition) is 0. The van der Waals surface area contributed by atoms with Crippen LogP contribution in [0.2, 0.25) is 0 Å². The van der Waals surface area contributed by atoms with Crippen molar-refractivity contribution in [3.8, 4) is 0 Å². The van der Waals surface area contributed by atoms with Gasteiger partial charge in [0.1, 0.15) is 5.78 Å². The molecule has 0 saturated heterocycles. The highest BCUT2D eigenvalue weighted by molar-refractivity contribution is 5.79. The second-order valence-corrected chi connectivity index (χ2v) is 4.99. The number of pyridine rings is 1. The topological polar surface area (TPSA) is 76.3 Å². The van der Waals surface area contributed by atoms with E-state index in [1.807, 2.05) is 11.9 Å². The first-order valence-corrected chi connectivity index (χ1v) is 6.34. The van der Waals surface area contributed by atoms with E-state index in [1.165, 1.54) is 6.07 Å². The van der Waals surface area contributed by atoms with E-state index in [0.717, 1.165) is 18.4 Å². The van der Waals surface area contributed by atoms with Gasteiger partial charge in [0.2, 0.25) is 5.82 Å². The molecule has 0 N–H and O–H groups in total. The van der Waals surface area contributed by atoms with E-state index in [2.05, 4.69) is 4.98 Å². The van der Waals surface area contributed by atoms with Crippen molar-refractivity contribution in [2.45, 2.75) is 38.6 Å². The van der Waals surface area contributed by atoms with Crippen molar-refractivity contribution < 1.29 is 9.72 Å². The van der Waals surface area contributed by atoms with Gasteiger partial charge < -0.3 is 4.90 Å². The SMILES string of the molecule is Cc1cnc(N(C)C2CCC(=O)CC2)c([N+](=O)[O-])c1. The molecule has 0 amide bonds. The first kappa shape index (κ1) is 13.5. The maximum Gasteiger partial charge on any atom is 0.311 e. The molecule has 1 aliphatic carbocycles. The van der Waals surface area contributed by atoms with Gasteiger partial charge in [0.15, 0.2) is 0 Å². The molecule has 1 heterocycles. The molecular weight excluding hydrogens is 246 g/mol. The van der Waals surface area contributed by atoms with Crippen molar-refractivity contribution in [1.82, 2.24) is 4.98 Å². The predicted octanol–water partition coefficient (Wildman–Crippen LogP) is 2.25. The van der Waals surface area contributed by atoms with Gasteiger partial charge in [-0.25, -0.2) is 4.98 Å². The minimum Gasteiger partial charge on any atom is -0.351 e. The lowest BCUT2D eigenvalue weighted by Gasteiger charge is -2.31. The van der Waals surface area contributed by atoms with Gasteiger partial charge in [-0.15, -0.1) is 0 Å². The molecule has 0 radical (unpaired) electrons. The summed E-state index contributed by atoms with van der Waals surface area (Å²) in [6, 6.07) is 1.68. The molecule has 1 aromatic heterocycles. The summed E-state index contributed by atoms with van der Waals surface area (Å²) < 4.78 is 0. The standard InChI is InChI=1S/C13H17N3O3/c1-9-7-12(16(18)19)13(14-8-9)15(2)10-3-5-11(17)6-4-10/h7-8,10H,3-6H2,1-2H3. The fourth-order valence-electron chi connectivity index (χ4n) is 2.44. The van der Waals surface area contributed by atoms with Crippen molar-refractivity contribution in [1.29, 1.82) is 0 Å². The number of ketones is 1. The molecule has 0 aliphatic heterocycles. The quantitative estimate of drug-likeness (QED) is 0.617. The van der Waals surface area contributed by atoms with Crippen LogP contribution in [-0.4, -0.2) is 28.8 Å². The summed E-state index contributed by atoms with van der Waals surface area (Å²) in [6.07, 6.45) is 4.21. The number of nitrogens with zero attached hydrogens (tertiary/aromatic N) is 3. The highest BCUT2D eigenvalue weighted by Crippen LogP contribution is 2.30. The Morgan fingerprint density at radius 3 is 2.63 bits per heavy atom. The average Bonchev–Trinajstić information content (AvgIpc) is 2.38. The number of carbonyl (C=O) groups excluding carboxylic acids is 1. The van der Waals surface area contributed by atoms with E-state index in [1.54, 1.807) is 13.1 Å². The van der Waals surface area contributed by atoms with Crippen LogP contribution in [0.4, 0.5) is 11.5 Å². The second-order valence-electron chi connectivity index (χ2n) is 4.99. The lowest BCUT2D eigenvalue weighted by Crippen LogP contribution is -2.36. The third-order valence-electron chi connectivity index (χ3n) is 3.58. The fraction of sp³-hybridized carbons (Fsp3) is 0.538. The molecule has 6 nitrogen and oxygen atoms in total. The molecule has 2 rings (SSSR count). The molecule has 0 aromatic carbocycles. The van der Waals surface area contributed by atoms with Crippen LogP contribution < -0.4 is 4.90 Å². The maximum atomic E-state index is 11.2. The number of aryl methyl sites for hydroxylation is 1. The Morgan fingerprint density at radius 2 is 2.05 bits per heavy atom. The number of Topliss-reactive ketones (excluding diaryl/α,β-unsaturated/α-hetero) is 1. The third-order valence-corrected chi connectivity index (χ3v) is 3.58. The minimum absolute atomic E-state index is 0.0272. The predicted molar refractivity (Wildman–Crippen MR) is 71.3 cm³/mol. The number of carbonyl (C=O) groups is 1. The third kappa shape index (κ3) is 2.89. The number of hydrogen-bond acceptors (Lipinski definition) is 5. The summed E-state index contributed by atoms with van der Waals surface area (Å²) in [5, 5.41) is 11.1. The average molecular weight is 263 g/mol. The summed E-state index contributed by atoms with van der Waals surface area (Å²) in [4.78, 5) is 28.0. The molecule has 0 atom stereocenters. The number of aromatic nitrogens is 1. The molecule has 0 unspecified atom stereocenters. The van der Waals surface area contributed by atoms with Crippen molar-refractivity contribution in [3.05, 3.63) is 27.9 Å². The van der Waals surface area contributed by atoms with E-state index in [9.17, 15) is 14.9 Å². The van der Waals surface area contributed by atoms with Gasteiger partial charge in [-0.1, -0.05) is 0 Å². The number of rotatable bonds is 3. The molecule has 1 fully saturated rings. The Morgan fingerprint density at radius 1 is 1.42 bits per heavy atom. The first-order valence-electron chi connectivity index (χ1n) is 6.34. The van der Waals surface area contributed by atoms with E-state index in [-0.39, 0.29) is 17.5 Å². The first-order chi connectivity index (χ1) is 8.99. The molecule has 0 bridgehead atoms. The fourth-order valence-corrected chi connectivity index (χ4v) is 2.44. The van der Waals surface area contributed by atoms with E-state index >= 15 is 0 Å². The van der Waals surface area contributed by atoms with Crippen molar-refractivity contribution in [2.24, 2.45) is 0 Å². The Bertz CT molecular complexity index is 506. The van der Waals surface area contributed by atoms with Gasteiger partial charge in [-0.05, 0) is 25.3 Å². The second kappa shape index (κ2) is 5.34. The maximum absolute atomic E-state index is 11.2. The zero-order valence-corrected chi connectivity index (χ0v) is 11.1. The molecule has 1 aromatic rings. The van der Waals surface area contributed by atoms with Crippen LogP contribution in [-0.2, 0) is 4.79 Å². The largest absolute Gasteiger partial charge is 0.351 e. The molecule has 1 saturated carbocycles. The summed E-state index contributed by atoms with van der Waals surface area (Å²) in [6.45, 7) is 1.78. The van der Waals surface area contributed by atoms with Crippen LogP contribution in [0.15, 0.2) is 12.3 Å². The molecule has 19 heavy (non-hydrogen) atoms. The molecular formula is C13H17N3O3. The van der Waals surface area contributed by atoms with Crippen molar-refractivity contribution >= 4 is 17.3 Å². The Labute approximate surface area is 111 Å². The Hall–Kier alpha value is -1.98. The highest BCUT2D eigenvalue weighted by atomic mass is 16.6. The minimum atomic E-state index is -0.403. The monoisotopic (exact) mass is 263 g/mol. The summed E-state index contributed by atoms with van der Waals surface area (Å²) in [5.74, 6) is 0.658. The normalized spacial score (nSPS) is 16.4. The lowest BCUT2D eigenvalue weighted by molar-refractivity contribution is -0.384. The van der Waals surface area contributed by atoms with Crippen LogP contribution >= 0.6 is 0 Å². The molecule has 6 heteroatoms. The van der Waals surface area contributed by atoms with Crippen LogP contribution in [0.1, 0.15) is 31.2 Å². The van der Waals surface area contributed by atoms with Crippen LogP contribution in [0.5, 0.6) is 0 Å². The molecule has 0 spiro atoms. The summed E-state index contributed by atoms with van der Waals surface area (Å²) in [7, 11) is 1.81. The zero-order chi connectivity index (χ0) is 14.0.